The standard InChI is InChI=1S/C21H28N4O/c26-20(21(9-10-21)16-24-14-11-22-17-24)23-15-19(18-7-3-1-4-8-18)25-12-5-2-6-13-25/h1,3-4,7-8,11,14,17,19H,2,5-6,9-10,12-13,15-16H2,(H,23,26)/t19-/m0/s1. The summed E-state index contributed by atoms with van der Waals surface area (Å²) in [4.78, 5) is 19.5. The second-order valence-corrected chi connectivity index (χ2v) is 7.75. The number of piperidine rings is 1. The number of nitrogens with zero attached hydrogens (tertiary/aromatic N) is 3. The molecule has 1 N–H and O–H groups in total. The van der Waals surface area contributed by atoms with Crippen molar-refractivity contribution in [3.05, 3.63) is 54.6 Å². The van der Waals surface area contributed by atoms with Crippen LogP contribution in [0.3, 0.4) is 0 Å². The highest BCUT2D eigenvalue weighted by molar-refractivity contribution is 5.85. The minimum Gasteiger partial charge on any atom is -0.354 e. The lowest BCUT2D eigenvalue weighted by Crippen LogP contribution is -2.43. The number of nitrogens with one attached hydrogen (secondary N) is 1. The Kier molecular flexibility index (Phi) is 5.07. The predicted octanol–water partition coefficient (Wildman–Crippen LogP) is 3.01. The van der Waals surface area contributed by atoms with Crippen LogP contribution in [0.2, 0.25) is 0 Å². The summed E-state index contributed by atoms with van der Waals surface area (Å²) in [6.45, 7) is 3.66. The summed E-state index contributed by atoms with van der Waals surface area (Å²) in [5, 5.41) is 3.28. The molecule has 4 rings (SSSR count). The second kappa shape index (κ2) is 7.62. The van der Waals surface area contributed by atoms with Gasteiger partial charge in [0.1, 0.15) is 0 Å². The van der Waals surface area contributed by atoms with Crippen LogP contribution in [-0.2, 0) is 11.3 Å². The number of carbonyl (C=O) groups is 1. The normalized spacial score (nSPS) is 20.5. The molecule has 0 spiro atoms. The van der Waals surface area contributed by atoms with E-state index in [2.05, 4.69) is 45.5 Å². The minimum absolute atomic E-state index is 0.198. The summed E-state index contributed by atoms with van der Waals surface area (Å²) >= 11 is 0. The van der Waals surface area contributed by atoms with Crippen LogP contribution in [-0.4, -0.2) is 40.0 Å². The minimum atomic E-state index is -0.232. The van der Waals surface area contributed by atoms with E-state index in [4.69, 9.17) is 0 Å². The molecule has 2 fully saturated rings. The summed E-state index contributed by atoms with van der Waals surface area (Å²) in [6, 6.07) is 10.9. The van der Waals surface area contributed by atoms with Crippen LogP contribution >= 0.6 is 0 Å². The Hall–Kier alpha value is -2.14. The predicted molar refractivity (Wildman–Crippen MR) is 102 cm³/mol. The molecular weight excluding hydrogens is 324 g/mol. The van der Waals surface area contributed by atoms with Crippen molar-refractivity contribution in [3.8, 4) is 0 Å². The molecule has 1 aromatic heterocycles. The maximum absolute atomic E-state index is 12.9. The van der Waals surface area contributed by atoms with Gasteiger partial charge in [0.15, 0.2) is 0 Å². The van der Waals surface area contributed by atoms with Crippen LogP contribution in [0, 0.1) is 5.41 Å². The lowest BCUT2D eigenvalue weighted by molar-refractivity contribution is -0.127. The fourth-order valence-electron chi connectivity index (χ4n) is 4.08. The lowest BCUT2D eigenvalue weighted by Gasteiger charge is -2.35. The van der Waals surface area contributed by atoms with E-state index in [1.807, 2.05) is 10.8 Å². The van der Waals surface area contributed by atoms with Crippen molar-refractivity contribution in [2.45, 2.75) is 44.7 Å². The Morgan fingerprint density at radius 2 is 1.92 bits per heavy atom. The van der Waals surface area contributed by atoms with Crippen LogP contribution < -0.4 is 5.32 Å². The first-order valence-corrected chi connectivity index (χ1v) is 9.80. The van der Waals surface area contributed by atoms with Gasteiger partial charge in [-0.3, -0.25) is 9.69 Å². The second-order valence-electron chi connectivity index (χ2n) is 7.75. The Labute approximate surface area is 155 Å². The lowest BCUT2D eigenvalue weighted by atomic mass is 10.0. The first-order chi connectivity index (χ1) is 12.8. The number of carbonyl (C=O) groups excluding carboxylic acids is 1. The zero-order chi connectivity index (χ0) is 17.8. The van der Waals surface area contributed by atoms with E-state index in [1.54, 1.807) is 12.5 Å². The number of aromatic nitrogens is 2. The number of imidazole rings is 1. The van der Waals surface area contributed by atoms with Crippen molar-refractivity contribution >= 4 is 5.91 Å². The fourth-order valence-corrected chi connectivity index (χ4v) is 4.08. The molecule has 5 nitrogen and oxygen atoms in total. The first kappa shape index (κ1) is 17.3. The summed E-state index contributed by atoms with van der Waals surface area (Å²) in [5.41, 5.74) is 1.07. The highest BCUT2D eigenvalue weighted by Gasteiger charge is 2.50. The Bertz CT molecular complexity index is 703. The molecule has 1 aromatic carbocycles. The molecule has 2 aromatic rings. The highest BCUT2D eigenvalue weighted by Crippen LogP contribution is 2.47. The van der Waals surface area contributed by atoms with Gasteiger partial charge in [0.2, 0.25) is 5.91 Å². The maximum atomic E-state index is 12.9. The van der Waals surface area contributed by atoms with E-state index in [0.717, 1.165) is 32.5 Å². The van der Waals surface area contributed by atoms with Crippen molar-refractivity contribution in [1.29, 1.82) is 0 Å². The van der Waals surface area contributed by atoms with E-state index >= 15 is 0 Å². The van der Waals surface area contributed by atoms with Gasteiger partial charge in [-0.15, -0.1) is 0 Å². The van der Waals surface area contributed by atoms with Gasteiger partial charge >= 0.3 is 0 Å². The van der Waals surface area contributed by atoms with Crippen molar-refractivity contribution in [1.82, 2.24) is 19.8 Å². The average molecular weight is 352 g/mol. The molecule has 0 unspecified atom stereocenters. The molecule has 2 heterocycles. The SMILES string of the molecule is O=C(NC[C@@H](c1ccccc1)N1CCCCC1)C1(Cn2ccnc2)CC1. The molecule has 1 saturated heterocycles. The number of hydrogen-bond donors (Lipinski definition) is 1. The molecule has 26 heavy (non-hydrogen) atoms. The Morgan fingerprint density at radius 3 is 2.58 bits per heavy atom. The third-order valence-electron chi connectivity index (χ3n) is 5.85. The molecule has 0 bridgehead atoms. The van der Waals surface area contributed by atoms with Gasteiger partial charge in [0.25, 0.3) is 0 Å². The molecule has 138 valence electrons. The molecule has 1 saturated carbocycles. The number of likely N-dealkylation sites (tertiary alicyclic amines) is 1. The Morgan fingerprint density at radius 1 is 1.15 bits per heavy atom. The van der Waals surface area contributed by atoms with E-state index in [-0.39, 0.29) is 17.4 Å². The average Bonchev–Trinajstić information content (AvgIpc) is 3.29. The summed E-state index contributed by atoms with van der Waals surface area (Å²) in [7, 11) is 0. The van der Waals surface area contributed by atoms with Crippen molar-refractivity contribution in [3.63, 3.8) is 0 Å². The van der Waals surface area contributed by atoms with Gasteiger partial charge in [-0.2, -0.15) is 0 Å². The van der Waals surface area contributed by atoms with Crippen LogP contribution in [0.15, 0.2) is 49.1 Å². The van der Waals surface area contributed by atoms with Crippen molar-refractivity contribution < 1.29 is 4.79 Å². The number of amides is 1. The van der Waals surface area contributed by atoms with E-state index in [0.29, 0.717) is 6.54 Å². The monoisotopic (exact) mass is 352 g/mol. The first-order valence-electron chi connectivity index (χ1n) is 9.80. The molecule has 1 amide bonds. The van der Waals surface area contributed by atoms with E-state index in [9.17, 15) is 4.79 Å². The topological polar surface area (TPSA) is 50.2 Å². The maximum Gasteiger partial charge on any atom is 0.228 e. The number of rotatable bonds is 7. The number of hydrogen-bond acceptors (Lipinski definition) is 3. The molecule has 1 atom stereocenters. The van der Waals surface area contributed by atoms with Crippen molar-refractivity contribution in [2.75, 3.05) is 19.6 Å². The summed E-state index contributed by atoms with van der Waals surface area (Å²) in [5.74, 6) is 0.198. The molecule has 5 heteroatoms. The zero-order valence-corrected chi connectivity index (χ0v) is 15.3. The van der Waals surface area contributed by atoms with Crippen molar-refractivity contribution in [2.24, 2.45) is 5.41 Å². The quantitative estimate of drug-likeness (QED) is 0.833. The summed E-state index contributed by atoms with van der Waals surface area (Å²) < 4.78 is 2.02. The summed E-state index contributed by atoms with van der Waals surface area (Å²) in [6.07, 6.45) is 11.3. The van der Waals surface area contributed by atoms with Gasteiger partial charge in [-0.25, -0.2) is 4.98 Å². The van der Waals surface area contributed by atoms with E-state index in [1.165, 1.54) is 24.8 Å². The highest BCUT2D eigenvalue weighted by atomic mass is 16.2. The molecule has 2 aliphatic rings. The van der Waals surface area contributed by atoms with Gasteiger partial charge in [0, 0.05) is 25.5 Å². The van der Waals surface area contributed by atoms with Crippen LogP contribution in [0.25, 0.3) is 0 Å². The third-order valence-corrected chi connectivity index (χ3v) is 5.85. The van der Waals surface area contributed by atoms with Gasteiger partial charge < -0.3 is 9.88 Å². The largest absolute Gasteiger partial charge is 0.354 e. The van der Waals surface area contributed by atoms with Crippen LogP contribution in [0.1, 0.15) is 43.7 Å². The van der Waals surface area contributed by atoms with Gasteiger partial charge in [-0.05, 0) is 44.3 Å². The van der Waals surface area contributed by atoms with Crippen LogP contribution in [0.4, 0.5) is 0 Å². The fraction of sp³-hybridized carbons (Fsp3) is 0.524. The molecule has 1 aliphatic heterocycles. The molecule has 0 radical (unpaired) electrons. The number of benzene rings is 1. The van der Waals surface area contributed by atoms with E-state index < -0.39 is 0 Å². The third kappa shape index (κ3) is 3.83. The van der Waals surface area contributed by atoms with Gasteiger partial charge in [-0.1, -0.05) is 36.8 Å². The zero-order valence-electron chi connectivity index (χ0n) is 15.3. The molecule has 1 aliphatic carbocycles. The smallest absolute Gasteiger partial charge is 0.228 e. The molecular formula is C21H28N4O. The van der Waals surface area contributed by atoms with Gasteiger partial charge in [0.05, 0.1) is 17.8 Å². The Balaban J connectivity index is 1.42. The van der Waals surface area contributed by atoms with Crippen LogP contribution in [0.5, 0.6) is 0 Å².